The van der Waals surface area contributed by atoms with Crippen molar-refractivity contribution in [3.8, 4) is 0 Å². The number of hydrogen-bond acceptors (Lipinski definition) is 3. The highest BCUT2D eigenvalue weighted by atomic mass is 19.4. The zero-order valence-electron chi connectivity index (χ0n) is 16.0. The van der Waals surface area contributed by atoms with Crippen molar-refractivity contribution >= 4 is 17.5 Å². The molecule has 2 aromatic rings. The molecule has 0 aliphatic rings. The summed E-state index contributed by atoms with van der Waals surface area (Å²) in [4.78, 5) is 23.7. The van der Waals surface area contributed by atoms with E-state index >= 15 is 0 Å². The number of halogens is 3. The highest BCUT2D eigenvalue weighted by Crippen LogP contribution is 2.30. The van der Waals surface area contributed by atoms with Gasteiger partial charge in [0.05, 0.1) is 5.56 Å². The molecule has 0 fully saturated rings. The van der Waals surface area contributed by atoms with Gasteiger partial charge in [0, 0.05) is 11.7 Å². The van der Waals surface area contributed by atoms with Crippen LogP contribution in [0, 0.1) is 0 Å². The van der Waals surface area contributed by atoms with Crippen LogP contribution in [0.3, 0.4) is 0 Å². The number of rotatable bonds is 9. The molecule has 0 aliphatic heterocycles. The van der Waals surface area contributed by atoms with E-state index in [9.17, 15) is 22.8 Å². The molecule has 156 valence electrons. The first kappa shape index (κ1) is 22.4. The Labute approximate surface area is 167 Å². The quantitative estimate of drug-likeness (QED) is 0.663. The van der Waals surface area contributed by atoms with E-state index in [1.807, 2.05) is 37.3 Å². The van der Waals surface area contributed by atoms with Crippen molar-refractivity contribution < 1.29 is 27.5 Å². The van der Waals surface area contributed by atoms with Crippen LogP contribution >= 0.6 is 0 Å². The molecule has 0 aliphatic carbocycles. The fourth-order valence-electron chi connectivity index (χ4n) is 2.62. The number of hydrogen-bond donors (Lipinski definition) is 2. The summed E-state index contributed by atoms with van der Waals surface area (Å²) in [5.41, 5.74) is 0.323. The van der Waals surface area contributed by atoms with Crippen LogP contribution in [0.4, 0.5) is 18.9 Å². The smallest absolute Gasteiger partial charge is 0.362 e. The van der Waals surface area contributed by atoms with Crippen LogP contribution in [0.1, 0.15) is 24.5 Å². The minimum atomic E-state index is -4.49. The third kappa shape index (κ3) is 8.35. The largest absolute Gasteiger partial charge is 0.416 e. The maximum absolute atomic E-state index is 12.7. The van der Waals surface area contributed by atoms with Gasteiger partial charge in [-0.3, -0.25) is 9.59 Å². The van der Waals surface area contributed by atoms with E-state index in [0.717, 1.165) is 25.0 Å². The summed E-state index contributed by atoms with van der Waals surface area (Å²) in [7, 11) is 0. The Morgan fingerprint density at radius 1 is 1.00 bits per heavy atom. The van der Waals surface area contributed by atoms with Crippen molar-refractivity contribution in [1.29, 1.82) is 0 Å². The number of nitrogens with one attached hydrogen (secondary N) is 2. The summed E-state index contributed by atoms with van der Waals surface area (Å²) in [6.07, 6.45) is -2.92. The molecule has 5 nitrogen and oxygen atoms in total. The molecule has 0 bridgehead atoms. The van der Waals surface area contributed by atoms with Crippen LogP contribution in [0.15, 0.2) is 54.6 Å². The SMILES string of the molecule is CC(CCc1ccccc1)NC(=O)COCC(=O)Nc1cccc(C(F)(F)F)c1. The van der Waals surface area contributed by atoms with E-state index in [4.69, 9.17) is 4.74 Å². The minimum absolute atomic E-state index is 0.00686. The predicted molar refractivity (Wildman–Crippen MR) is 103 cm³/mol. The predicted octanol–water partition coefficient (Wildman–Crippen LogP) is 3.80. The third-order valence-corrected chi connectivity index (χ3v) is 4.06. The fourth-order valence-corrected chi connectivity index (χ4v) is 2.62. The number of benzene rings is 2. The van der Waals surface area contributed by atoms with Gasteiger partial charge in [-0.25, -0.2) is 0 Å². The van der Waals surface area contributed by atoms with Crippen LogP contribution in [0.25, 0.3) is 0 Å². The number of carbonyl (C=O) groups is 2. The zero-order chi connectivity index (χ0) is 21.3. The number of ether oxygens (including phenoxy) is 1. The van der Waals surface area contributed by atoms with Gasteiger partial charge in [0.25, 0.3) is 0 Å². The molecule has 0 spiro atoms. The Morgan fingerprint density at radius 2 is 1.69 bits per heavy atom. The lowest BCUT2D eigenvalue weighted by Gasteiger charge is -2.14. The topological polar surface area (TPSA) is 67.4 Å². The second-order valence-electron chi connectivity index (χ2n) is 6.61. The Morgan fingerprint density at radius 3 is 2.38 bits per heavy atom. The van der Waals surface area contributed by atoms with Crippen LogP contribution in [0.5, 0.6) is 0 Å². The number of aryl methyl sites for hydroxylation is 1. The van der Waals surface area contributed by atoms with E-state index in [2.05, 4.69) is 10.6 Å². The number of amides is 2. The second kappa shape index (κ2) is 10.6. The Kier molecular flexibility index (Phi) is 8.21. The number of alkyl halides is 3. The van der Waals surface area contributed by atoms with Gasteiger partial charge in [-0.05, 0) is 43.5 Å². The first-order valence-corrected chi connectivity index (χ1v) is 9.12. The lowest BCUT2D eigenvalue weighted by atomic mass is 10.1. The maximum atomic E-state index is 12.7. The van der Waals surface area contributed by atoms with E-state index in [1.54, 1.807) is 0 Å². The van der Waals surface area contributed by atoms with Gasteiger partial charge < -0.3 is 15.4 Å². The molecule has 2 rings (SSSR count). The zero-order valence-corrected chi connectivity index (χ0v) is 16.0. The standard InChI is InChI=1S/C21H23F3N2O3/c1-15(10-11-16-6-3-2-4-7-16)25-19(27)13-29-14-20(28)26-18-9-5-8-17(12-18)21(22,23)24/h2-9,12,15H,10-11,13-14H2,1H3,(H,25,27)(H,26,28). The molecule has 1 unspecified atom stereocenters. The summed E-state index contributed by atoms with van der Waals surface area (Å²) in [6.45, 7) is 1.12. The Balaban J connectivity index is 1.67. The molecule has 2 aromatic carbocycles. The average Bonchev–Trinajstić information content (AvgIpc) is 2.66. The van der Waals surface area contributed by atoms with Crippen LogP contribution < -0.4 is 10.6 Å². The Hall–Kier alpha value is -2.87. The average molecular weight is 408 g/mol. The lowest BCUT2D eigenvalue weighted by molar-refractivity contribution is -0.137. The highest BCUT2D eigenvalue weighted by Gasteiger charge is 2.30. The van der Waals surface area contributed by atoms with Crippen molar-refractivity contribution in [3.05, 3.63) is 65.7 Å². The van der Waals surface area contributed by atoms with Gasteiger partial charge in [-0.1, -0.05) is 36.4 Å². The third-order valence-electron chi connectivity index (χ3n) is 4.06. The number of anilines is 1. The van der Waals surface area contributed by atoms with Gasteiger partial charge in [0.15, 0.2) is 0 Å². The summed E-state index contributed by atoms with van der Waals surface area (Å²) in [6, 6.07) is 14.1. The summed E-state index contributed by atoms with van der Waals surface area (Å²) < 4.78 is 43.1. The molecule has 0 radical (unpaired) electrons. The van der Waals surface area contributed by atoms with E-state index < -0.39 is 24.3 Å². The Bertz CT molecular complexity index is 810. The molecule has 8 heteroatoms. The first-order valence-electron chi connectivity index (χ1n) is 9.12. The molecular weight excluding hydrogens is 385 g/mol. The molecule has 0 aromatic heterocycles. The normalized spacial score (nSPS) is 12.3. The fraction of sp³-hybridized carbons (Fsp3) is 0.333. The lowest BCUT2D eigenvalue weighted by Crippen LogP contribution is -2.36. The summed E-state index contributed by atoms with van der Waals surface area (Å²) in [5.74, 6) is -1.01. The molecule has 0 heterocycles. The molecule has 1 atom stereocenters. The highest BCUT2D eigenvalue weighted by molar-refractivity contribution is 5.92. The van der Waals surface area contributed by atoms with Gasteiger partial charge in [-0.15, -0.1) is 0 Å². The maximum Gasteiger partial charge on any atom is 0.416 e. The van der Waals surface area contributed by atoms with Crippen LogP contribution in [-0.4, -0.2) is 31.1 Å². The molecule has 0 saturated carbocycles. The molecule has 29 heavy (non-hydrogen) atoms. The van der Waals surface area contributed by atoms with Crippen molar-refractivity contribution in [2.24, 2.45) is 0 Å². The van der Waals surface area contributed by atoms with Gasteiger partial charge in [0.1, 0.15) is 13.2 Å². The summed E-state index contributed by atoms with van der Waals surface area (Å²) >= 11 is 0. The van der Waals surface area contributed by atoms with Gasteiger partial charge in [0.2, 0.25) is 11.8 Å². The van der Waals surface area contributed by atoms with E-state index in [0.29, 0.717) is 0 Å². The van der Waals surface area contributed by atoms with Crippen LogP contribution in [0.2, 0.25) is 0 Å². The first-order chi connectivity index (χ1) is 13.7. The molecule has 2 N–H and O–H groups in total. The van der Waals surface area contributed by atoms with Gasteiger partial charge >= 0.3 is 6.18 Å². The van der Waals surface area contributed by atoms with E-state index in [-0.39, 0.29) is 24.2 Å². The number of carbonyl (C=O) groups excluding carboxylic acids is 2. The molecular formula is C21H23F3N2O3. The van der Waals surface area contributed by atoms with Crippen molar-refractivity contribution in [3.63, 3.8) is 0 Å². The summed E-state index contributed by atoms with van der Waals surface area (Å²) in [5, 5.41) is 5.09. The molecule has 0 saturated heterocycles. The van der Waals surface area contributed by atoms with Crippen molar-refractivity contribution in [2.75, 3.05) is 18.5 Å². The van der Waals surface area contributed by atoms with E-state index in [1.165, 1.54) is 17.7 Å². The van der Waals surface area contributed by atoms with Gasteiger partial charge in [-0.2, -0.15) is 13.2 Å². The minimum Gasteiger partial charge on any atom is -0.362 e. The second-order valence-corrected chi connectivity index (χ2v) is 6.61. The van der Waals surface area contributed by atoms with Crippen molar-refractivity contribution in [2.45, 2.75) is 32.0 Å². The monoisotopic (exact) mass is 408 g/mol. The molecule has 2 amide bonds. The van der Waals surface area contributed by atoms with Crippen LogP contribution in [-0.2, 0) is 26.9 Å². The van der Waals surface area contributed by atoms with Crippen molar-refractivity contribution in [1.82, 2.24) is 5.32 Å².